The summed E-state index contributed by atoms with van der Waals surface area (Å²) in [7, 11) is 6.63. The Morgan fingerprint density at radius 3 is 2.28 bits per heavy atom. The average molecular weight is 650 g/mol. The lowest BCUT2D eigenvalue weighted by Crippen LogP contribution is -2.47. The van der Waals surface area contributed by atoms with Crippen LogP contribution in [0.15, 0.2) is 97.1 Å². The summed E-state index contributed by atoms with van der Waals surface area (Å²) < 4.78 is 33.3. The second-order valence-corrected chi connectivity index (χ2v) is 11.5. The van der Waals surface area contributed by atoms with E-state index in [1.54, 1.807) is 39.5 Å². The zero-order valence-electron chi connectivity index (χ0n) is 26.8. The highest BCUT2D eigenvalue weighted by Gasteiger charge is 2.44. The standard InChI is InChI=1S/C19H17NOS.C19H18O6/c1-14-6-5-9-17(12-14)20(2)19(22)21-18-11-10-15-7-3-4-8-16(15)13-18;1-21-12-5-4-11-6-14-13-8-17(22-2)18(23-3)9-16(13)24-10-19(14,20)25-15(11)7-12/h3-13H,1-2H3;4-9,20H,10H2,1-3H3. The second-order valence-electron chi connectivity index (χ2n) is 11.1. The van der Waals surface area contributed by atoms with Crippen molar-refractivity contribution in [1.82, 2.24) is 0 Å². The van der Waals surface area contributed by atoms with Gasteiger partial charge in [-0.05, 0) is 84.0 Å². The van der Waals surface area contributed by atoms with Crippen molar-refractivity contribution in [2.75, 3.05) is 39.9 Å². The van der Waals surface area contributed by atoms with E-state index < -0.39 is 5.79 Å². The van der Waals surface area contributed by atoms with Crippen LogP contribution in [0.3, 0.4) is 0 Å². The van der Waals surface area contributed by atoms with Crippen molar-refractivity contribution in [3.63, 3.8) is 0 Å². The van der Waals surface area contributed by atoms with Gasteiger partial charge in [0.25, 0.3) is 11.0 Å². The fourth-order valence-electron chi connectivity index (χ4n) is 5.46. The van der Waals surface area contributed by atoms with Gasteiger partial charge in [-0.3, -0.25) is 0 Å². The number of hydrogen-bond acceptors (Lipinski definition) is 8. The summed E-state index contributed by atoms with van der Waals surface area (Å²) in [6.07, 6.45) is 1.89. The largest absolute Gasteiger partial charge is 0.497 e. The van der Waals surface area contributed by atoms with Crippen LogP contribution >= 0.6 is 12.2 Å². The third-order valence-corrected chi connectivity index (χ3v) is 8.37. The molecule has 1 atom stereocenters. The molecule has 47 heavy (non-hydrogen) atoms. The van der Waals surface area contributed by atoms with Gasteiger partial charge < -0.3 is 38.4 Å². The molecule has 1 N–H and O–H groups in total. The van der Waals surface area contributed by atoms with Gasteiger partial charge in [-0.25, -0.2) is 0 Å². The number of methoxy groups -OCH3 is 3. The third-order valence-electron chi connectivity index (χ3n) is 8.01. The van der Waals surface area contributed by atoms with E-state index in [2.05, 4.69) is 31.2 Å². The summed E-state index contributed by atoms with van der Waals surface area (Å²) in [5.41, 5.74) is 4.38. The van der Waals surface area contributed by atoms with E-state index in [0.29, 0.717) is 45.1 Å². The summed E-state index contributed by atoms with van der Waals surface area (Å²) >= 11 is 5.41. The lowest BCUT2D eigenvalue weighted by atomic mass is 9.90. The molecule has 5 aromatic carbocycles. The van der Waals surface area contributed by atoms with Crippen molar-refractivity contribution in [3.05, 3.63) is 114 Å². The molecule has 0 amide bonds. The normalized spacial score (nSPS) is 15.6. The molecule has 240 valence electrons. The first kappa shape index (κ1) is 31.7. The zero-order chi connectivity index (χ0) is 33.1. The van der Waals surface area contributed by atoms with Crippen LogP contribution in [0.25, 0.3) is 22.4 Å². The average Bonchev–Trinajstić information content (AvgIpc) is 3.09. The highest BCUT2D eigenvalue weighted by Crippen LogP contribution is 2.49. The van der Waals surface area contributed by atoms with Crippen molar-refractivity contribution in [3.8, 4) is 34.5 Å². The maximum Gasteiger partial charge on any atom is 0.270 e. The lowest BCUT2D eigenvalue weighted by Gasteiger charge is -2.39. The Hall–Kier alpha value is -5.25. The smallest absolute Gasteiger partial charge is 0.270 e. The van der Waals surface area contributed by atoms with Gasteiger partial charge in [0.2, 0.25) is 0 Å². The van der Waals surface area contributed by atoms with E-state index in [0.717, 1.165) is 22.4 Å². The summed E-state index contributed by atoms with van der Waals surface area (Å²) in [5, 5.41) is 13.8. The Balaban J connectivity index is 0.000000166. The summed E-state index contributed by atoms with van der Waals surface area (Å²) in [5.74, 6) is 2.09. The molecule has 5 aromatic rings. The summed E-state index contributed by atoms with van der Waals surface area (Å²) in [6, 6.07) is 31.3. The van der Waals surface area contributed by atoms with Gasteiger partial charge >= 0.3 is 0 Å². The Morgan fingerprint density at radius 1 is 0.787 bits per heavy atom. The lowest BCUT2D eigenvalue weighted by molar-refractivity contribution is -0.116. The van der Waals surface area contributed by atoms with Gasteiger partial charge in [-0.2, -0.15) is 0 Å². The molecular weight excluding hydrogens is 614 g/mol. The number of benzene rings is 5. The molecule has 7 rings (SSSR count). The van der Waals surface area contributed by atoms with E-state index in [1.807, 2.05) is 72.6 Å². The molecular formula is C38H35NO7S. The maximum atomic E-state index is 11.0. The quantitative estimate of drug-likeness (QED) is 0.193. The van der Waals surface area contributed by atoms with E-state index in [1.165, 1.54) is 10.9 Å². The van der Waals surface area contributed by atoms with Crippen LogP contribution in [0.4, 0.5) is 5.69 Å². The number of fused-ring (bicyclic) bond motifs is 5. The van der Waals surface area contributed by atoms with Crippen molar-refractivity contribution in [1.29, 1.82) is 0 Å². The first-order valence-corrected chi connectivity index (χ1v) is 15.3. The van der Waals surface area contributed by atoms with Crippen molar-refractivity contribution < 1.29 is 33.5 Å². The van der Waals surface area contributed by atoms with Crippen LogP contribution in [0, 0.1) is 6.92 Å². The minimum atomic E-state index is -1.58. The van der Waals surface area contributed by atoms with Gasteiger partial charge in [0.05, 0.1) is 21.3 Å². The van der Waals surface area contributed by atoms with Crippen molar-refractivity contribution in [2.45, 2.75) is 12.7 Å². The number of aliphatic hydroxyl groups is 1. The van der Waals surface area contributed by atoms with E-state index in [9.17, 15) is 5.11 Å². The molecule has 1 unspecified atom stereocenters. The van der Waals surface area contributed by atoms with Crippen LogP contribution in [0.1, 0.15) is 16.7 Å². The molecule has 0 saturated heterocycles. The van der Waals surface area contributed by atoms with Crippen molar-refractivity contribution >= 4 is 45.5 Å². The van der Waals surface area contributed by atoms with E-state index >= 15 is 0 Å². The number of ether oxygens (including phenoxy) is 6. The SMILES string of the molecule is COc1ccc2c(c1)OC1(O)COc3cc(OC)c(OC)cc3C1=C2.Cc1cccc(N(C)C(=S)Oc2ccc3ccccc3c2)c1. The van der Waals surface area contributed by atoms with Crippen LogP contribution in [-0.2, 0) is 0 Å². The van der Waals surface area contributed by atoms with Gasteiger partial charge in [0, 0.05) is 41.6 Å². The highest BCUT2D eigenvalue weighted by atomic mass is 32.1. The number of anilines is 1. The minimum Gasteiger partial charge on any atom is -0.497 e. The monoisotopic (exact) mass is 649 g/mol. The van der Waals surface area contributed by atoms with E-state index in [-0.39, 0.29) is 6.61 Å². The number of thiocarbonyl (C=S) groups is 1. The number of hydrogen-bond donors (Lipinski definition) is 1. The van der Waals surface area contributed by atoms with Gasteiger partial charge in [0.1, 0.15) is 23.0 Å². The first-order valence-electron chi connectivity index (χ1n) is 14.9. The van der Waals surface area contributed by atoms with Crippen LogP contribution in [0.2, 0.25) is 0 Å². The van der Waals surface area contributed by atoms with Crippen LogP contribution < -0.4 is 33.3 Å². The minimum absolute atomic E-state index is 0.0298. The Labute approximate surface area is 279 Å². The molecule has 0 saturated carbocycles. The molecule has 0 spiro atoms. The fourth-order valence-corrected chi connectivity index (χ4v) is 5.66. The fraction of sp³-hybridized carbons (Fsp3) is 0.184. The van der Waals surface area contributed by atoms with Crippen molar-refractivity contribution in [2.24, 2.45) is 0 Å². The molecule has 0 radical (unpaired) electrons. The molecule has 9 heteroatoms. The van der Waals surface area contributed by atoms with Gasteiger partial charge in [0.15, 0.2) is 18.1 Å². The zero-order valence-corrected chi connectivity index (χ0v) is 27.6. The molecule has 2 aliphatic heterocycles. The number of aryl methyl sites for hydroxylation is 1. The highest BCUT2D eigenvalue weighted by molar-refractivity contribution is 7.80. The molecule has 2 heterocycles. The molecule has 8 nitrogen and oxygen atoms in total. The Morgan fingerprint density at radius 2 is 1.53 bits per heavy atom. The number of rotatable bonds is 5. The topological polar surface area (TPSA) is 78.9 Å². The predicted molar refractivity (Wildman–Crippen MR) is 188 cm³/mol. The molecule has 0 aromatic heterocycles. The van der Waals surface area contributed by atoms with Crippen LogP contribution in [0.5, 0.6) is 34.5 Å². The van der Waals surface area contributed by atoms with Gasteiger partial charge in [-0.15, -0.1) is 0 Å². The Kier molecular flexibility index (Phi) is 8.93. The predicted octanol–water partition coefficient (Wildman–Crippen LogP) is 7.67. The maximum absolute atomic E-state index is 11.0. The number of nitrogens with zero attached hydrogens (tertiary/aromatic N) is 1. The molecule has 0 aliphatic carbocycles. The molecule has 0 fully saturated rings. The van der Waals surface area contributed by atoms with Crippen LogP contribution in [-0.4, -0.2) is 51.1 Å². The first-order chi connectivity index (χ1) is 22.7. The molecule has 0 bridgehead atoms. The summed E-state index contributed by atoms with van der Waals surface area (Å²) in [4.78, 5) is 1.87. The van der Waals surface area contributed by atoms with Gasteiger partial charge in [-0.1, -0.05) is 42.5 Å². The summed E-state index contributed by atoms with van der Waals surface area (Å²) in [6.45, 7) is 2.03. The molecule has 2 aliphatic rings. The Bertz CT molecular complexity index is 1990. The van der Waals surface area contributed by atoms with E-state index in [4.69, 9.17) is 40.6 Å². The third kappa shape index (κ3) is 6.54. The second kappa shape index (κ2) is 13.2.